The molecule has 2 aromatic heterocycles. The van der Waals surface area contributed by atoms with Gasteiger partial charge in [0.2, 0.25) is 0 Å². The van der Waals surface area contributed by atoms with Crippen LogP contribution >= 0.6 is 11.3 Å². The largest absolute Gasteiger partial charge is 0.475 e. The van der Waals surface area contributed by atoms with E-state index >= 15 is 0 Å². The van der Waals surface area contributed by atoms with Gasteiger partial charge in [0.15, 0.2) is 10.9 Å². The molecule has 2 heterocycles. The lowest BCUT2D eigenvalue weighted by Gasteiger charge is -2.09. The number of aromatic nitrogens is 3. The number of anilines is 2. The number of aryl methyl sites for hydroxylation is 1. The number of rotatable bonds is 4. The van der Waals surface area contributed by atoms with Gasteiger partial charge in [0.05, 0.1) is 17.6 Å². The highest BCUT2D eigenvalue weighted by molar-refractivity contribution is 7.15. The average molecular weight is 286 g/mol. The summed E-state index contributed by atoms with van der Waals surface area (Å²) in [5.41, 5.74) is 1.64. The van der Waals surface area contributed by atoms with E-state index in [-0.39, 0.29) is 0 Å². The highest BCUT2D eigenvalue weighted by atomic mass is 32.1. The molecular weight excluding hydrogens is 272 g/mol. The van der Waals surface area contributed by atoms with Crippen molar-refractivity contribution in [1.29, 1.82) is 0 Å². The van der Waals surface area contributed by atoms with Gasteiger partial charge in [0.1, 0.15) is 0 Å². The number of nitrogens with zero attached hydrogens (tertiary/aromatic N) is 3. The molecule has 102 valence electrons. The Morgan fingerprint density at radius 2 is 1.95 bits per heavy atom. The van der Waals surface area contributed by atoms with Gasteiger partial charge < -0.3 is 10.1 Å². The van der Waals surface area contributed by atoms with Crippen LogP contribution in [0.4, 0.5) is 10.9 Å². The fourth-order valence-electron chi connectivity index (χ4n) is 1.82. The Balaban J connectivity index is 2.04. The second kappa shape index (κ2) is 5.42. The van der Waals surface area contributed by atoms with Crippen LogP contribution in [0.1, 0.15) is 11.8 Å². The zero-order chi connectivity index (χ0) is 13.9. The van der Waals surface area contributed by atoms with E-state index in [1.165, 1.54) is 0 Å². The first-order valence-electron chi connectivity index (χ1n) is 6.35. The normalized spacial score (nSPS) is 10.7. The van der Waals surface area contributed by atoms with Crippen molar-refractivity contribution in [2.45, 2.75) is 13.8 Å². The summed E-state index contributed by atoms with van der Waals surface area (Å²) in [6.07, 6.45) is 1.82. The molecule has 6 heteroatoms. The van der Waals surface area contributed by atoms with E-state index < -0.39 is 0 Å². The molecule has 5 nitrogen and oxygen atoms in total. The number of ether oxygens (including phenoxy) is 1. The van der Waals surface area contributed by atoms with Crippen LogP contribution in [0.2, 0.25) is 0 Å². The SMILES string of the molecule is CCOc1nc2ccccc2nc1Nc1ncc(C)s1. The number of hydrogen-bond acceptors (Lipinski definition) is 6. The highest BCUT2D eigenvalue weighted by Gasteiger charge is 2.11. The Labute approximate surface area is 120 Å². The summed E-state index contributed by atoms with van der Waals surface area (Å²) < 4.78 is 5.56. The van der Waals surface area contributed by atoms with Gasteiger partial charge in [-0.3, -0.25) is 0 Å². The summed E-state index contributed by atoms with van der Waals surface area (Å²) in [6, 6.07) is 7.72. The molecule has 0 atom stereocenters. The predicted molar refractivity (Wildman–Crippen MR) is 80.8 cm³/mol. The van der Waals surface area contributed by atoms with Crippen LogP contribution in [0.3, 0.4) is 0 Å². The number of hydrogen-bond donors (Lipinski definition) is 1. The van der Waals surface area contributed by atoms with Crippen molar-refractivity contribution in [3.05, 3.63) is 35.3 Å². The first kappa shape index (κ1) is 12.8. The molecule has 0 amide bonds. The number of para-hydroxylation sites is 2. The monoisotopic (exact) mass is 286 g/mol. The number of benzene rings is 1. The van der Waals surface area contributed by atoms with Gasteiger partial charge in [-0.25, -0.2) is 15.0 Å². The van der Waals surface area contributed by atoms with E-state index in [4.69, 9.17) is 4.74 Å². The second-order valence-electron chi connectivity index (χ2n) is 4.20. The average Bonchev–Trinajstić information content (AvgIpc) is 2.85. The van der Waals surface area contributed by atoms with Crippen molar-refractivity contribution in [3.8, 4) is 5.88 Å². The lowest BCUT2D eigenvalue weighted by Crippen LogP contribution is -2.02. The lowest BCUT2D eigenvalue weighted by molar-refractivity contribution is 0.329. The van der Waals surface area contributed by atoms with Crippen LogP contribution < -0.4 is 10.1 Å². The van der Waals surface area contributed by atoms with E-state index in [0.717, 1.165) is 21.0 Å². The molecule has 0 aliphatic rings. The zero-order valence-corrected chi connectivity index (χ0v) is 12.1. The molecule has 3 aromatic rings. The van der Waals surface area contributed by atoms with Gasteiger partial charge in [-0.05, 0) is 26.0 Å². The van der Waals surface area contributed by atoms with E-state index in [1.807, 2.05) is 44.3 Å². The molecule has 1 aromatic carbocycles. The van der Waals surface area contributed by atoms with Crippen molar-refractivity contribution in [2.24, 2.45) is 0 Å². The lowest BCUT2D eigenvalue weighted by atomic mass is 10.3. The van der Waals surface area contributed by atoms with Gasteiger partial charge in [0, 0.05) is 11.1 Å². The molecule has 0 fully saturated rings. The number of fused-ring (bicyclic) bond motifs is 1. The van der Waals surface area contributed by atoms with Crippen LogP contribution in [0.25, 0.3) is 11.0 Å². The van der Waals surface area contributed by atoms with Crippen molar-refractivity contribution in [1.82, 2.24) is 15.0 Å². The summed E-state index contributed by atoms with van der Waals surface area (Å²) in [4.78, 5) is 14.5. The van der Waals surface area contributed by atoms with Gasteiger partial charge >= 0.3 is 0 Å². The maximum atomic E-state index is 5.56. The first-order chi connectivity index (χ1) is 9.76. The minimum absolute atomic E-state index is 0.499. The first-order valence-corrected chi connectivity index (χ1v) is 7.17. The molecule has 20 heavy (non-hydrogen) atoms. The van der Waals surface area contributed by atoms with Crippen molar-refractivity contribution in [3.63, 3.8) is 0 Å². The van der Waals surface area contributed by atoms with Gasteiger partial charge in [-0.1, -0.05) is 12.1 Å². The Morgan fingerprint density at radius 1 is 1.20 bits per heavy atom. The minimum Gasteiger partial charge on any atom is -0.475 e. The van der Waals surface area contributed by atoms with Crippen molar-refractivity contribution < 1.29 is 4.74 Å². The van der Waals surface area contributed by atoms with Crippen LogP contribution in [0.15, 0.2) is 30.5 Å². The molecule has 0 spiro atoms. The van der Waals surface area contributed by atoms with Gasteiger partial charge in [-0.15, -0.1) is 11.3 Å². The fraction of sp³-hybridized carbons (Fsp3) is 0.214. The third kappa shape index (κ3) is 2.55. The van der Waals surface area contributed by atoms with Gasteiger partial charge in [-0.2, -0.15) is 0 Å². The Bertz CT molecular complexity index is 741. The molecule has 0 aliphatic carbocycles. The van der Waals surface area contributed by atoms with E-state index in [1.54, 1.807) is 11.3 Å². The van der Waals surface area contributed by atoms with E-state index in [9.17, 15) is 0 Å². The van der Waals surface area contributed by atoms with Crippen LogP contribution in [-0.4, -0.2) is 21.6 Å². The minimum atomic E-state index is 0.499. The number of thiazole rings is 1. The summed E-state index contributed by atoms with van der Waals surface area (Å²) in [5, 5.41) is 3.96. The van der Waals surface area contributed by atoms with Crippen molar-refractivity contribution in [2.75, 3.05) is 11.9 Å². The maximum absolute atomic E-state index is 5.56. The molecule has 0 radical (unpaired) electrons. The van der Waals surface area contributed by atoms with Crippen molar-refractivity contribution >= 4 is 33.3 Å². The van der Waals surface area contributed by atoms with E-state index in [0.29, 0.717) is 18.3 Å². The van der Waals surface area contributed by atoms with Gasteiger partial charge in [0.25, 0.3) is 5.88 Å². The molecule has 1 N–H and O–H groups in total. The summed E-state index contributed by atoms with van der Waals surface area (Å²) in [6.45, 7) is 4.48. The third-order valence-corrected chi connectivity index (χ3v) is 3.49. The standard InChI is InChI=1S/C14H14N4OS/c1-3-19-13-12(18-14-15-8-9(2)20-14)16-10-6-4-5-7-11(10)17-13/h4-8H,3H2,1-2H3,(H,15,16,18). The Hall–Kier alpha value is -2.21. The molecule has 0 saturated heterocycles. The fourth-order valence-corrected chi connectivity index (χ4v) is 2.48. The smallest absolute Gasteiger partial charge is 0.258 e. The van der Waals surface area contributed by atoms with Crippen LogP contribution in [0, 0.1) is 6.92 Å². The molecular formula is C14H14N4OS. The quantitative estimate of drug-likeness (QED) is 0.795. The highest BCUT2D eigenvalue weighted by Crippen LogP contribution is 2.28. The molecule has 3 rings (SSSR count). The Morgan fingerprint density at radius 3 is 2.60 bits per heavy atom. The zero-order valence-electron chi connectivity index (χ0n) is 11.3. The van der Waals surface area contributed by atoms with Crippen LogP contribution in [0.5, 0.6) is 5.88 Å². The Kier molecular flexibility index (Phi) is 3.47. The summed E-state index contributed by atoms with van der Waals surface area (Å²) in [5.74, 6) is 1.10. The summed E-state index contributed by atoms with van der Waals surface area (Å²) >= 11 is 1.57. The van der Waals surface area contributed by atoms with E-state index in [2.05, 4.69) is 20.3 Å². The predicted octanol–water partition coefficient (Wildman–Crippen LogP) is 3.54. The summed E-state index contributed by atoms with van der Waals surface area (Å²) in [7, 11) is 0. The molecule has 0 aliphatic heterocycles. The topological polar surface area (TPSA) is 59.9 Å². The van der Waals surface area contributed by atoms with Crippen LogP contribution in [-0.2, 0) is 0 Å². The number of nitrogens with one attached hydrogen (secondary N) is 1. The maximum Gasteiger partial charge on any atom is 0.258 e. The molecule has 0 bridgehead atoms. The molecule has 0 unspecified atom stereocenters. The molecule has 0 saturated carbocycles. The third-order valence-electron chi connectivity index (χ3n) is 2.67. The second-order valence-corrected chi connectivity index (χ2v) is 5.43.